The van der Waals surface area contributed by atoms with Crippen LogP contribution in [0.4, 0.5) is 5.82 Å². The van der Waals surface area contributed by atoms with E-state index in [2.05, 4.69) is 20.4 Å². The summed E-state index contributed by atoms with van der Waals surface area (Å²) in [5.74, 6) is 1.81. The van der Waals surface area contributed by atoms with Gasteiger partial charge < -0.3 is 10.2 Å². The molecule has 3 heterocycles. The average Bonchev–Trinajstić information content (AvgIpc) is 3.06. The summed E-state index contributed by atoms with van der Waals surface area (Å²) in [6.07, 6.45) is 2.60. The van der Waals surface area contributed by atoms with Gasteiger partial charge in [-0.2, -0.15) is 5.10 Å². The standard InChI is InChI=1S/C18H26N6O/c1-12-11-15(19-8-6-10-24-9-5-7-16(24)25)21-18(20-12)17-13(2)22-23(4)14(17)3/h11H,5-10H2,1-4H3,(H,19,20,21). The van der Waals surface area contributed by atoms with Gasteiger partial charge in [-0.1, -0.05) is 0 Å². The lowest BCUT2D eigenvalue weighted by Gasteiger charge is -2.15. The largest absolute Gasteiger partial charge is 0.370 e. The van der Waals surface area contributed by atoms with Crippen molar-refractivity contribution in [3.63, 3.8) is 0 Å². The molecule has 0 aliphatic carbocycles. The molecule has 0 radical (unpaired) electrons. The second kappa shape index (κ2) is 7.21. The quantitative estimate of drug-likeness (QED) is 0.815. The lowest BCUT2D eigenvalue weighted by Crippen LogP contribution is -2.27. The van der Waals surface area contributed by atoms with Gasteiger partial charge in [0.2, 0.25) is 5.91 Å². The maximum Gasteiger partial charge on any atom is 0.222 e. The predicted octanol–water partition coefficient (Wildman–Crippen LogP) is 2.23. The number of nitrogens with zero attached hydrogens (tertiary/aromatic N) is 5. The zero-order valence-electron chi connectivity index (χ0n) is 15.5. The lowest BCUT2D eigenvalue weighted by atomic mass is 10.2. The van der Waals surface area contributed by atoms with E-state index >= 15 is 0 Å². The summed E-state index contributed by atoms with van der Waals surface area (Å²) in [6.45, 7) is 8.47. The molecule has 0 saturated carbocycles. The van der Waals surface area contributed by atoms with Crippen LogP contribution in [0.25, 0.3) is 11.4 Å². The SMILES string of the molecule is Cc1cc(NCCCN2CCCC2=O)nc(-c2c(C)nn(C)c2C)n1. The van der Waals surface area contributed by atoms with Crippen molar-refractivity contribution in [2.24, 2.45) is 7.05 Å². The van der Waals surface area contributed by atoms with Gasteiger partial charge in [0, 0.05) is 50.6 Å². The molecule has 2 aromatic rings. The first-order chi connectivity index (χ1) is 12.0. The molecule has 1 fully saturated rings. The van der Waals surface area contributed by atoms with E-state index in [0.29, 0.717) is 12.2 Å². The Morgan fingerprint density at radius 1 is 1.24 bits per heavy atom. The van der Waals surface area contributed by atoms with E-state index in [-0.39, 0.29) is 5.91 Å². The van der Waals surface area contributed by atoms with Gasteiger partial charge in [0.05, 0.1) is 11.3 Å². The molecular weight excluding hydrogens is 316 g/mol. The predicted molar refractivity (Wildman–Crippen MR) is 97.4 cm³/mol. The Balaban J connectivity index is 1.66. The summed E-state index contributed by atoms with van der Waals surface area (Å²) in [7, 11) is 1.93. The van der Waals surface area contributed by atoms with Gasteiger partial charge >= 0.3 is 0 Å². The van der Waals surface area contributed by atoms with Crippen LogP contribution < -0.4 is 5.32 Å². The Kier molecular flexibility index (Phi) is 5.01. The summed E-state index contributed by atoms with van der Waals surface area (Å²) in [5, 5.41) is 7.82. The molecule has 7 heteroatoms. The van der Waals surface area contributed by atoms with Gasteiger partial charge in [-0.3, -0.25) is 9.48 Å². The number of anilines is 1. The number of carbonyl (C=O) groups excluding carboxylic acids is 1. The minimum Gasteiger partial charge on any atom is -0.370 e. The third kappa shape index (κ3) is 3.81. The molecule has 0 spiro atoms. The second-order valence-electron chi connectivity index (χ2n) is 6.65. The Morgan fingerprint density at radius 3 is 2.68 bits per heavy atom. The highest BCUT2D eigenvalue weighted by Gasteiger charge is 2.19. The maximum atomic E-state index is 11.6. The van der Waals surface area contributed by atoms with E-state index < -0.39 is 0 Å². The summed E-state index contributed by atoms with van der Waals surface area (Å²) in [5.41, 5.74) is 3.91. The van der Waals surface area contributed by atoms with Crippen molar-refractivity contribution in [1.82, 2.24) is 24.6 Å². The van der Waals surface area contributed by atoms with Crippen molar-refractivity contribution in [3.8, 4) is 11.4 Å². The normalized spacial score (nSPS) is 14.4. The molecule has 1 saturated heterocycles. The number of hydrogen-bond acceptors (Lipinski definition) is 5. The van der Waals surface area contributed by atoms with Crippen molar-refractivity contribution in [1.29, 1.82) is 0 Å². The van der Waals surface area contributed by atoms with Crippen LogP contribution in [0, 0.1) is 20.8 Å². The minimum atomic E-state index is 0.280. The van der Waals surface area contributed by atoms with Gasteiger partial charge in [0.15, 0.2) is 5.82 Å². The highest BCUT2D eigenvalue weighted by Crippen LogP contribution is 2.24. The number of hydrogen-bond donors (Lipinski definition) is 1. The summed E-state index contributed by atoms with van der Waals surface area (Å²) in [6, 6.07) is 1.95. The second-order valence-corrected chi connectivity index (χ2v) is 6.65. The number of aryl methyl sites for hydroxylation is 3. The van der Waals surface area contributed by atoms with E-state index in [1.807, 2.05) is 43.5 Å². The van der Waals surface area contributed by atoms with Crippen LogP contribution in [0.1, 0.15) is 36.3 Å². The summed E-state index contributed by atoms with van der Waals surface area (Å²) >= 11 is 0. The Hall–Kier alpha value is -2.44. The number of carbonyl (C=O) groups is 1. The smallest absolute Gasteiger partial charge is 0.222 e. The van der Waals surface area contributed by atoms with E-state index in [1.54, 1.807) is 0 Å². The lowest BCUT2D eigenvalue weighted by molar-refractivity contribution is -0.127. The first-order valence-electron chi connectivity index (χ1n) is 8.83. The fourth-order valence-corrected chi connectivity index (χ4v) is 3.29. The van der Waals surface area contributed by atoms with E-state index in [0.717, 1.165) is 60.9 Å². The molecule has 134 valence electrons. The minimum absolute atomic E-state index is 0.280. The highest BCUT2D eigenvalue weighted by atomic mass is 16.2. The third-order valence-corrected chi connectivity index (χ3v) is 4.67. The fourth-order valence-electron chi connectivity index (χ4n) is 3.29. The van der Waals surface area contributed by atoms with Gasteiger partial charge in [0.25, 0.3) is 0 Å². The van der Waals surface area contributed by atoms with Crippen LogP contribution in [-0.4, -0.2) is 50.2 Å². The number of rotatable bonds is 6. The zero-order valence-corrected chi connectivity index (χ0v) is 15.5. The van der Waals surface area contributed by atoms with Crippen LogP contribution in [0.5, 0.6) is 0 Å². The number of likely N-dealkylation sites (tertiary alicyclic amines) is 1. The first-order valence-corrected chi connectivity index (χ1v) is 8.83. The average molecular weight is 342 g/mol. The Bertz CT molecular complexity index is 782. The summed E-state index contributed by atoms with van der Waals surface area (Å²) < 4.78 is 1.86. The Labute approximate surface area is 148 Å². The molecule has 0 atom stereocenters. The molecule has 2 aromatic heterocycles. The number of aromatic nitrogens is 4. The molecule has 1 aliphatic heterocycles. The van der Waals surface area contributed by atoms with Gasteiger partial charge in [-0.05, 0) is 33.6 Å². The van der Waals surface area contributed by atoms with E-state index in [9.17, 15) is 4.79 Å². The van der Waals surface area contributed by atoms with Crippen LogP contribution >= 0.6 is 0 Å². The molecule has 1 amide bonds. The molecule has 3 rings (SSSR count). The molecular formula is C18H26N6O. The van der Waals surface area contributed by atoms with Crippen LogP contribution in [0.2, 0.25) is 0 Å². The van der Waals surface area contributed by atoms with Crippen molar-refractivity contribution >= 4 is 11.7 Å². The van der Waals surface area contributed by atoms with E-state index in [4.69, 9.17) is 0 Å². The molecule has 0 unspecified atom stereocenters. The first kappa shape index (κ1) is 17.4. The monoisotopic (exact) mass is 342 g/mol. The summed E-state index contributed by atoms with van der Waals surface area (Å²) in [4.78, 5) is 22.8. The molecule has 0 bridgehead atoms. The zero-order chi connectivity index (χ0) is 18.0. The Morgan fingerprint density at radius 2 is 2.04 bits per heavy atom. The van der Waals surface area contributed by atoms with Crippen molar-refractivity contribution in [2.45, 2.75) is 40.0 Å². The molecule has 25 heavy (non-hydrogen) atoms. The van der Waals surface area contributed by atoms with Gasteiger partial charge in [-0.25, -0.2) is 9.97 Å². The van der Waals surface area contributed by atoms with Crippen molar-refractivity contribution in [2.75, 3.05) is 25.0 Å². The van der Waals surface area contributed by atoms with E-state index in [1.165, 1.54) is 0 Å². The molecule has 7 nitrogen and oxygen atoms in total. The fraction of sp³-hybridized carbons (Fsp3) is 0.556. The molecule has 1 N–H and O–H groups in total. The van der Waals surface area contributed by atoms with Crippen molar-refractivity contribution < 1.29 is 4.79 Å². The number of amides is 1. The highest BCUT2D eigenvalue weighted by molar-refractivity contribution is 5.78. The number of nitrogens with one attached hydrogen (secondary N) is 1. The van der Waals surface area contributed by atoms with Crippen LogP contribution in [0.3, 0.4) is 0 Å². The molecule has 1 aliphatic rings. The topological polar surface area (TPSA) is 75.9 Å². The third-order valence-electron chi connectivity index (χ3n) is 4.67. The van der Waals surface area contributed by atoms with Crippen molar-refractivity contribution in [3.05, 3.63) is 23.1 Å². The van der Waals surface area contributed by atoms with Crippen LogP contribution in [0.15, 0.2) is 6.07 Å². The van der Waals surface area contributed by atoms with Crippen LogP contribution in [-0.2, 0) is 11.8 Å². The maximum absolute atomic E-state index is 11.6. The van der Waals surface area contributed by atoms with Gasteiger partial charge in [-0.15, -0.1) is 0 Å². The van der Waals surface area contributed by atoms with Gasteiger partial charge in [0.1, 0.15) is 5.82 Å². The molecule has 0 aromatic carbocycles.